The molecule has 0 bridgehead atoms. The third-order valence-electron chi connectivity index (χ3n) is 4.15. The quantitative estimate of drug-likeness (QED) is 0.895. The zero-order valence-corrected chi connectivity index (χ0v) is 14.7. The summed E-state index contributed by atoms with van der Waals surface area (Å²) in [4.78, 5) is 14.5. The Kier molecular flexibility index (Phi) is 6.64. The van der Waals surface area contributed by atoms with Crippen molar-refractivity contribution in [1.82, 2.24) is 10.6 Å². The van der Waals surface area contributed by atoms with Crippen LogP contribution in [0.5, 0.6) is 0 Å². The van der Waals surface area contributed by atoms with E-state index in [9.17, 15) is 4.79 Å². The van der Waals surface area contributed by atoms with E-state index in [4.69, 9.17) is 0 Å². The van der Waals surface area contributed by atoms with Gasteiger partial charge in [0.05, 0.1) is 6.54 Å². The van der Waals surface area contributed by atoms with Crippen LogP contribution in [0.2, 0.25) is 0 Å². The number of aryl methyl sites for hydroxylation is 1. The minimum absolute atomic E-state index is 0. The SMILES string of the molecule is Cc1ccc(CNC(=O)CN2CCNCc3ccccc32)cc1.Cl. The lowest BCUT2D eigenvalue weighted by atomic mass is 10.1. The Morgan fingerprint density at radius 2 is 1.92 bits per heavy atom. The fourth-order valence-corrected chi connectivity index (χ4v) is 2.83. The van der Waals surface area contributed by atoms with Gasteiger partial charge in [-0.2, -0.15) is 0 Å². The molecule has 0 saturated carbocycles. The van der Waals surface area contributed by atoms with Crippen LogP contribution in [0, 0.1) is 6.92 Å². The van der Waals surface area contributed by atoms with Crippen LogP contribution in [0.15, 0.2) is 48.5 Å². The second-order valence-corrected chi connectivity index (χ2v) is 5.99. The molecule has 1 aliphatic rings. The zero-order valence-electron chi connectivity index (χ0n) is 13.9. The highest BCUT2D eigenvalue weighted by Crippen LogP contribution is 2.21. The summed E-state index contributed by atoms with van der Waals surface area (Å²) in [5.41, 5.74) is 4.76. The molecule has 2 aromatic rings. The second-order valence-electron chi connectivity index (χ2n) is 5.99. The van der Waals surface area contributed by atoms with Crippen molar-refractivity contribution in [1.29, 1.82) is 0 Å². The van der Waals surface area contributed by atoms with Crippen molar-refractivity contribution >= 4 is 24.0 Å². The molecule has 128 valence electrons. The molecule has 5 heteroatoms. The first kappa shape index (κ1) is 18.3. The van der Waals surface area contributed by atoms with Gasteiger partial charge in [0.1, 0.15) is 0 Å². The summed E-state index contributed by atoms with van der Waals surface area (Å²) in [6, 6.07) is 16.5. The Morgan fingerprint density at radius 3 is 2.71 bits per heavy atom. The molecule has 0 saturated heterocycles. The van der Waals surface area contributed by atoms with Gasteiger partial charge in [-0.25, -0.2) is 0 Å². The number of hydrogen-bond donors (Lipinski definition) is 2. The number of para-hydroxylation sites is 1. The van der Waals surface area contributed by atoms with E-state index in [1.807, 2.05) is 12.1 Å². The van der Waals surface area contributed by atoms with Crippen molar-refractivity contribution in [3.05, 3.63) is 65.2 Å². The van der Waals surface area contributed by atoms with E-state index < -0.39 is 0 Å². The Labute approximate surface area is 149 Å². The Morgan fingerprint density at radius 1 is 1.17 bits per heavy atom. The zero-order chi connectivity index (χ0) is 16.1. The van der Waals surface area contributed by atoms with E-state index >= 15 is 0 Å². The molecule has 0 atom stereocenters. The standard InChI is InChI=1S/C19H23N3O.ClH/c1-15-6-8-16(9-7-15)12-21-19(23)14-22-11-10-20-13-17-4-2-3-5-18(17)22;/h2-9,20H,10-14H2,1H3,(H,21,23);1H. The van der Waals surface area contributed by atoms with Gasteiger partial charge in [-0.1, -0.05) is 48.0 Å². The maximum atomic E-state index is 12.3. The molecule has 3 rings (SSSR count). The number of fused-ring (bicyclic) bond motifs is 1. The van der Waals surface area contributed by atoms with Gasteiger partial charge in [0.15, 0.2) is 0 Å². The molecule has 0 fully saturated rings. The maximum absolute atomic E-state index is 12.3. The normalized spacial score (nSPS) is 13.5. The fraction of sp³-hybridized carbons (Fsp3) is 0.316. The highest BCUT2D eigenvalue weighted by atomic mass is 35.5. The molecule has 0 radical (unpaired) electrons. The van der Waals surface area contributed by atoms with Gasteiger partial charge in [-0.05, 0) is 24.1 Å². The van der Waals surface area contributed by atoms with Crippen LogP contribution in [0.1, 0.15) is 16.7 Å². The number of nitrogens with zero attached hydrogens (tertiary/aromatic N) is 1. The lowest BCUT2D eigenvalue weighted by Crippen LogP contribution is -2.39. The number of rotatable bonds is 4. The van der Waals surface area contributed by atoms with Crippen LogP contribution in [0.4, 0.5) is 5.69 Å². The third kappa shape index (κ3) is 4.73. The minimum Gasteiger partial charge on any atom is -0.361 e. The number of benzene rings is 2. The van der Waals surface area contributed by atoms with Gasteiger partial charge in [0.25, 0.3) is 0 Å². The molecule has 1 heterocycles. The number of carbonyl (C=O) groups is 1. The molecule has 0 aliphatic carbocycles. The molecule has 1 aliphatic heterocycles. The van der Waals surface area contributed by atoms with Gasteiger partial charge < -0.3 is 15.5 Å². The summed E-state index contributed by atoms with van der Waals surface area (Å²) in [7, 11) is 0. The average Bonchev–Trinajstić information content (AvgIpc) is 2.77. The summed E-state index contributed by atoms with van der Waals surface area (Å²) in [6.07, 6.45) is 0. The Bertz CT molecular complexity index is 673. The predicted molar refractivity (Wildman–Crippen MR) is 101 cm³/mol. The third-order valence-corrected chi connectivity index (χ3v) is 4.15. The Hall–Kier alpha value is -2.04. The largest absolute Gasteiger partial charge is 0.361 e. The van der Waals surface area contributed by atoms with E-state index in [-0.39, 0.29) is 18.3 Å². The summed E-state index contributed by atoms with van der Waals surface area (Å²) >= 11 is 0. The summed E-state index contributed by atoms with van der Waals surface area (Å²) in [5.74, 6) is 0.0577. The van der Waals surface area contributed by atoms with Crippen molar-refractivity contribution in [3.8, 4) is 0 Å². The molecule has 0 aromatic heterocycles. The van der Waals surface area contributed by atoms with Crippen molar-refractivity contribution in [2.24, 2.45) is 0 Å². The van der Waals surface area contributed by atoms with Crippen molar-refractivity contribution in [2.45, 2.75) is 20.0 Å². The van der Waals surface area contributed by atoms with Crippen molar-refractivity contribution < 1.29 is 4.79 Å². The average molecular weight is 346 g/mol. The summed E-state index contributed by atoms with van der Waals surface area (Å²) < 4.78 is 0. The number of amides is 1. The highest BCUT2D eigenvalue weighted by molar-refractivity contribution is 5.85. The van der Waals surface area contributed by atoms with Gasteiger partial charge in [0, 0.05) is 31.9 Å². The minimum atomic E-state index is 0. The van der Waals surface area contributed by atoms with Gasteiger partial charge in [-0.3, -0.25) is 4.79 Å². The van der Waals surface area contributed by atoms with E-state index in [1.54, 1.807) is 0 Å². The van der Waals surface area contributed by atoms with Crippen LogP contribution in [-0.2, 0) is 17.9 Å². The van der Waals surface area contributed by atoms with Gasteiger partial charge >= 0.3 is 0 Å². The van der Waals surface area contributed by atoms with Gasteiger partial charge in [-0.15, -0.1) is 12.4 Å². The monoisotopic (exact) mass is 345 g/mol. The number of carbonyl (C=O) groups excluding carboxylic acids is 1. The Balaban J connectivity index is 0.00000208. The van der Waals surface area contributed by atoms with Crippen molar-refractivity contribution in [2.75, 3.05) is 24.5 Å². The molecular weight excluding hydrogens is 322 g/mol. The van der Waals surface area contributed by atoms with Crippen LogP contribution >= 0.6 is 12.4 Å². The van der Waals surface area contributed by atoms with Gasteiger partial charge in [0.2, 0.25) is 5.91 Å². The maximum Gasteiger partial charge on any atom is 0.239 e. The van der Waals surface area contributed by atoms with Crippen LogP contribution in [0.3, 0.4) is 0 Å². The smallest absolute Gasteiger partial charge is 0.239 e. The highest BCUT2D eigenvalue weighted by Gasteiger charge is 2.16. The molecule has 0 spiro atoms. The first-order chi connectivity index (χ1) is 11.2. The predicted octanol–water partition coefficient (Wildman–Crippen LogP) is 2.64. The lowest BCUT2D eigenvalue weighted by molar-refractivity contribution is -0.119. The van der Waals surface area contributed by atoms with E-state index in [0.717, 1.165) is 30.9 Å². The van der Waals surface area contributed by atoms with Crippen LogP contribution in [-0.4, -0.2) is 25.5 Å². The molecule has 2 aromatic carbocycles. The van der Waals surface area contributed by atoms with E-state index in [1.165, 1.54) is 11.1 Å². The number of nitrogens with one attached hydrogen (secondary N) is 2. The van der Waals surface area contributed by atoms with Crippen molar-refractivity contribution in [3.63, 3.8) is 0 Å². The summed E-state index contributed by atoms with van der Waals surface area (Å²) in [5, 5.41) is 6.41. The number of halogens is 1. The molecule has 0 unspecified atom stereocenters. The second kappa shape index (κ2) is 8.71. The fourth-order valence-electron chi connectivity index (χ4n) is 2.83. The first-order valence-electron chi connectivity index (χ1n) is 8.08. The molecule has 24 heavy (non-hydrogen) atoms. The first-order valence-corrected chi connectivity index (χ1v) is 8.08. The van der Waals surface area contributed by atoms with Crippen LogP contribution < -0.4 is 15.5 Å². The molecule has 2 N–H and O–H groups in total. The van der Waals surface area contributed by atoms with E-state index in [0.29, 0.717) is 13.1 Å². The summed E-state index contributed by atoms with van der Waals surface area (Å²) in [6.45, 7) is 5.62. The number of anilines is 1. The molecule has 4 nitrogen and oxygen atoms in total. The molecular formula is C19H24ClN3O. The lowest BCUT2D eigenvalue weighted by Gasteiger charge is -2.23. The topological polar surface area (TPSA) is 44.4 Å². The number of hydrogen-bond acceptors (Lipinski definition) is 3. The molecule has 1 amide bonds. The van der Waals surface area contributed by atoms with E-state index in [2.05, 4.69) is 58.9 Å². The van der Waals surface area contributed by atoms with Crippen LogP contribution in [0.25, 0.3) is 0 Å².